The molecule has 8 heteroatoms. The van der Waals surface area contributed by atoms with E-state index in [1.54, 1.807) is 28.4 Å². The fraction of sp³-hybridized carbons (Fsp3) is 0.545. The molecule has 0 radical (unpaired) electrons. The quantitative estimate of drug-likeness (QED) is 0.792. The summed E-state index contributed by atoms with van der Waals surface area (Å²) in [6.45, 7) is 7.87. The normalized spacial score (nSPS) is 20.4. The molecule has 1 atom stereocenters. The maximum Gasteiger partial charge on any atom is 0.317 e. The zero-order valence-electron chi connectivity index (χ0n) is 17.5. The van der Waals surface area contributed by atoms with Crippen molar-refractivity contribution >= 4 is 23.3 Å². The summed E-state index contributed by atoms with van der Waals surface area (Å²) in [4.78, 5) is 32.5. The van der Waals surface area contributed by atoms with Crippen molar-refractivity contribution in [2.75, 3.05) is 45.8 Å². The Morgan fingerprint density at radius 3 is 2.63 bits per heavy atom. The molecule has 4 heterocycles. The molecule has 0 spiro atoms. The standard InChI is InChI=1S/C22H30N4O3S/c1-17-6-7-20(29-17)21(27)25-9-11-26(12-10-25)22(28)23-14-18-4-2-8-24(15-18)16-19-5-3-13-30-19/h3,5-7,13,18H,2,4,8-12,14-16H2,1H3,(H,23,28). The van der Waals surface area contributed by atoms with Crippen molar-refractivity contribution in [1.82, 2.24) is 20.0 Å². The van der Waals surface area contributed by atoms with Gasteiger partial charge in [0, 0.05) is 50.7 Å². The lowest BCUT2D eigenvalue weighted by atomic mass is 9.98. The number of carbonyl (C=O) groups is 2. The summed E-state index contributed by atoms with van der Waals surface area (Å²) in [5, 5.41) is 5.25. The molecule has 0 aromatic carbocycles. The average Bonchev–Trinajstić information content (AvgIpc) is 3.44. The van der Waals surface area contributed by atoms with Gasteiger partial charge in [0.1, 0.15) is 5.76 Å². The van der Waals surface area contributed by atoms with E-state index >= 15 is 0 Å². The number of amides is 3. The molecule has 2 aliphatic rings. The predicted molar refractivity (Wildman–Crippen MR) is 117 cm³/mol. The molecule has 0 saturated carbocycles. The van der Waals surface area contributed by atoms with Crippen LogP contribution >= 0.6 is 11.3 Å². The van der Waals surface area contributed by atoms with Gasteiger partial charge < -0.3 is 19.5 Å². The summed E-state index contributed by atoms with van der Waals surface area (Å²) >= 11 is 1.80. The van der Waals surface area contributed by atoms with Gasteiger partial charge in [-0.15, -0.1) is 11.3 Å². The van der Waals surface area contributed by atoms with Gasteiger partial charge in [-0.2, -0.15) is 0 Å². The molecule has 2 fully saturated rings. The van der Waals surface area contributed by atoms with Gasteiger partial charge in [0.05, 0.1) is 0 Å². The number of carbonyl (C=O) groups excluding carboxylic acids is 2. The maximum atomic E-state index is 12.6. The highest BCUT2D eigenvalue weighted by molar-refractivity contribution is 7.09. The van der Waals surface area contributed by atoms with E-state index in [0.29, 0.717) is 44.4 Å². The number of likely N-dealkylation sites (tertiary alicyclic amines) is 1. The van der Waals surface area contributed by atoms with E-state index in [1.165, 1.54) is 11.3 Å². The van der Waals surface area contributed by atoms with Crippen LogP contribution in [0.15, 0.2) is 34.1 Å². The summed E-state index contributed by atoms with van der Waals surface area (Å²) in [5.41, 5.74) is 0. The van der Waals surface area contributed by atoms with Crippen molar-refractivity contribution in [3.63, 3.8) is 0 Å². The highest BCUT2D eigenvalue weighted by atomic mass is 32.1. The van der Waals surface area contributed by atoms with Gasteiger partial charge >= 0.3 is 6.03 Å². The smallest absolute Gasteiger partial charge is 0.317 e. The molecule has 0 aliphatic carbocycles. The number of nitrogens with one attached hydrogen (secondary N) is 1. The van der Waals surface area contributed by atoms with Crippen molar-refractivity contribution in [2.24, 2.45) is 5.92 Å². The fourth-order valence-corrected chi connectivity index (χ4v) is 4.99. The van der Waals surface area contributed by atoms with Crippen molar-refractivity contribution in [3.8, 4) is 0 Å². The molecular weight excluding hydrogens is 400 g/mol. The minimum Gasteiger partial charge on any atom is -0.456 e. The topological polar surface area (TPSA) is 69.0 Å². The van der Waals surface area contributed by atoms with Crippen LogP contribution in [-0.4, -0.2) is 72.5 Å². The number of rotatable bonds is 5. The maximum absolute atomic E-state index is 12.6. The minimum atomic E-state index is -0.101. The number of nitrogens with zero attached hydrogens (tertiary/aromatic N) is 3. The van der Waals surface area contributed by atoms with Gasteiger partial charge in [-0.05, 0) is 55.8 Å². The third-order valence-electron chi connectivity index (χ3n) is 5.91. The average molecular weight is 431 g/mol. The molecule has 30 heavy (non-hydrogen) atoms. The molecule has 1 unspecified atom stereocenters. The lowest BCUT2D eigenvalue weighted by Gasteiger charge is -2.35. The van der Waals surface area contributed by atoms with Crippen LogP contribution in [0.1, 0.15) is 34.0 Å². The van der Waals surface area contributed by atoms with Crippen molar-refractivity contribution in [1.29, 1.82) is 0 Å². The first-order valence-electron chi connectivity index (χ1n) is 10.7. The molecule has 162 valence electrons. The van der Waals surface area contributed by atoms with Crippen molar-refractivity contribution in [3.05, 3.63) is 46.0 Å². The van der Waals surface area contributed by atoms with Gasteiger partial charge in [0.2, 0.25) is 0 Å². The number of aryl methyl sites for hydroxylation is 1. The summed E-state index contributed by atoms with van der Waals surface area (Å²) in [6.07, 6.45) is 2.34. The van der Waals surface area contributed by atoms with Gasteiger partial charge in [-0.25, -0.2) is 4.79 Å². The lowest BCUT2D eigenvalue weighted by molar-refractivity contribution is 0.0631. The highest BCUT2D eigenvalue weighted by Crippen LogP contribution is 2.20. The van der Waals surface area contributed by atoms with Crippen LogP contribution in [0.5, 0.6) is 0 Å². The number of thiophene rings is 1. The Balaban J connectivity index is 1.19. The van der Waals surface area contributed by atoms with Crippen LogP contribution < -0.4 is 5.32 Å². The van der Waals surface area contributed by atoms with Gasteiger partial charge in [0.15, 0.2) is 5.76 Å². The SMILES string of the molecule is Cc1ccc(C(=O)N2CCN(C(=O)NCC3CCCN(Cc4cccs4)C3)CC2)o1. The van der Waals surface area contributed by atoms with Crippen LogP contribution in [0.25, 0.3) is 0 Å². The van der Waals surface area contributed by atoms with E-state index in [0.717, 1.165) is 31.8 Å². The minimum absolute atomic E-state index is 0.0219. The highest BCUT2D eigenvalue weighted by Gasteiger charge is 2.27. The Labute approximate surface area is 181 Å². The van der Waals surface area contributed by atoms with E-state index in [2.05, 4.69) is 27.7 Å². The van der Waals surface area contributed by atoms with E-state index < -0.39 is 0 Å². The number of furan rings is 1. The first-order chi connectivity index (χ1) is 14.6. The van der Waals surface area contributed by atoms with Gasteiger partial charge in [-0.3, -0.25) is 9.69 Å². The number of piperidine rings is 1. The molecule has 2 aromatic rings. The number of hydrogen-bond acceptors (Lipinski definition) is 5. The number of piperazine rings is 1. The summed E-state index contributed by atoms with van der Waals surface area (Å²) in [5.74, 6) is 1.49. The van der Waals surface area contributed by atoms with E-state index in [-0.39, 0.29) is 11.9 Å². The van der Waals surface area contributed by atoms with Gasteiger partial charge in [-0.1, -0.05) is 6.07 Å². The van der Waals surface area contributed by atoms with Crippen LogP contribution in [0.3, 0.4) is 0 Å². The zero-order valence-corrected chi connectivity index (χ0v) is 18.3. The van der Waals surface area contributed by atoms with E-state index in [9.17, 15) is 9.59 Å². The molecule has 4 rings (SSSR count). The molecule has 2 aliphatic heterocycles. The number of hydrogen-bond donors (Lipinski definition) is 1. The second-order valence-electron chi connectivity index (χ2n) is 8.20. The molecule has 2 aromatic heterocycles. The van der Waals surface area contributed by atoms with E-state index in [1.807, 2.05) is 11.8 Å². The molecule has 2 saturated heterocycles. The predicted octanol–water partition coefficient (Wildman–Crippen LogP) is 3.03. The molecular formula is C22H30N4O3S. The number of urea groups is 1. The third kappa shape index (κ3) is 5.23. The Morgan fingerprint density at radius 2 is 1.93 bits per heavy atom. The first-order valence-corrected chi connectivity index (χ1v) is 11.6. The Morgan fingerprint density at radius 1 is 1.13 bits per heavy atom. The van der Waals surface area contributed by atoms with Crippen LogP contribution in [-0.2, 0) is 6.54 Å². The second kappa shape index (κ2) is 9.66. The summed E-state index contributed by atoms with van der Waals surface area (Å²) in [6, 6.07) is 7.77. The van der Waals surface area contributed by atoms with Gasteiger partial charge in [0.25, 0.3) is 5.91 Å². The van der Waals surface area contributed by atoms with Crippen molar-refractivity contribution in [2.45, 2.75) is 26.3 Å². The largest absolute Gasteiger partial charge is 0.456 e. The van der Waals surface area contributed by atoms with E-state index in [4.69, 9.17) is 4.42 Å². The third-order valence-corrected chi connectivity index (χ3v) is 6.77. The summed E-state index contributed by atoms with van der Waals surface area (Å²) in [7, 11) is 0. The Bertz CT molecular complexity index is 842. The lowest BCUT2D eigenvalue weighted by Crippen LogP contribution is -2.54. The van der Waals surface area contributed by atoms with Crippen molar-refractivity contribution < 1.29 is 14.0 Å². The zero-order chi connectivity index (χ0) is 20.9. The summed E-state index contributed by atoms with van der Waals surface area (Å²) < 4.78 is 5.43. The Kier molecular flexibility index (Phi) is 6.74. The molecule has 7 nitrogen and oxygen atoms in total. The monoisotopic (exact) mass is 430 g/mol. The van der Waals surface area contributed by atoms with Crippen LogP contribution in [0, 0.1) is 12.8 Å². The molecule has 3 amide bonds. The fourth-order valence-electron chi connectivity index (χ4n) is 4.25. The first kappa shape index (κ1) is 20.9. The Hall–Kier alpha value is -2.32. The molecule has 0 bridgehead atoms. The van der Waals surface area contributed by atoms with Crippen LogP contribution in [0.4, 0.5) is 4.79 Å². The van der Waals surface area contributed by atoms with Crippen LogP contribution in [0.2, 0.25) is 0 Å². The molecule has 1 N–H and O–H groups in total. The second-order valence-corrected chi connectivity index (χ2v) is 9.23.